The first-order valence-electron chi connectivity index (χ1n) is 9.94. The van der Waals surface area contributed by atoms with Crippen LogP contribution in [0.1, 0.15) is 57.4 Å². The molecule has 31 heavy (non-hydrogen) atoms. The van der Waals surface area contributed by atoms with E-state index in [1.807, 2.05) is 11.5 Å². The molecule has 1 aromatic heterocycles. The van der Waals surface area contributed by atoms with Crippen LogP contribution >= 0.6 is 11.6 Å². The lowest BCUT2D eigenvalue weighted by atomic mass is 10.1. The molecule has 2 heterocycles. The third-order valence-electron chi connectivity index (χ3n) is 5.44. The van der Waals surface area contributed by atoms with Crippen LogP contribution in [0.2, 0.25) is 5.02 Å². The van der Waals surface area contributed by atoms with Crippen LogP contribution in [0.5, 0.6) is 0 Å². The molecule has 1 saturated heterocycles. The molecule has 1 aromatic carbocycles. The van der Waals surface area contributed by atoms with Crippen molar-refractivity contribution in [2.45, 2.75) is 39.2 Å². The van der Waals surface area contributed by atoms with Gasteiger partial charge in [0.1, 0.15) is 0 Å². The third-order valence-corrected chi connectivity index (χ3v) is 7.45. The molecule has 3 rings (SSSR count). The Labute approximate surface area is 186 Å². The molecule has 0 aliphatic carbocycles. The van der Waals surface area contributed by atoms with E-state index in [1.165, 1.54) is 0 Å². The van der Waals surface area contributed by atoms with Crippen LogP contribution in [0.4, 0.5) is 0 Å². The molecule has 2 aromatic rings. The number of carbonyl (C=O) groups excluding carboxylic acids is 3. The number of esters is 1. The van der Waals surface area contributed by atoms with Crippen LogP contribution in [0.25, 0.3) is 0 Å². The second-order valence-corrected chi connectivity index (χ2v) is 10.4. The van der Waals surface area contributed by atoms with Gasteiger partial charge in [-0.25, -0.2) is 8.42 Å². The van der Waals surface area contributed by atoms with E-state index in [-0.39, 0.29) is 42.0 Å². The Bertz CT molecular complexity index is 1120. The number of nitrogens with zero attached hydrogens (tertiary/aromatic N) is 1. The van der Waals surface area contributed by atoms with Crippen LogP contribution in [-0.4, -0.2) is 48.6 Å². The van der Waals surface area contributed by atoms with E-state index in [0.29, 0.717) is 28.3 Å². The maximum Gasteiger partial charge on any atom is 0.306 e. The highest BCUT2D eigenvalue weighted by Gasteiger charge is 2.31. The number of aromatic nitrogens is 1. The zero-order chi connectivity index (χ0) is 22.8. The minimum atomic E-state index is -3.05. The number of halogens is 1. The summed E-state index contributed by atoms with van der Waals surface area (Å²) in [4.78, 5) is 36.7. The van der Waals surface area contributed by atoms with Crippen LogP contribution < -0.4 is 0 Å². The monoisotopic (exact) mass is 465 g/mol. The van der Waals surface area contributed by atoms with Crippen molar-refractivity contribution in [2.24, 2.45) is 0 Å². The standard InChI is InChI=1S/C22H24ClNO6S/c1-14-11-19(15(2)24(14)18-9-10-31(28,29)13-18)21(26)12-30-22(27)8-7-20(25)16-3-5-17(23)6-4-16/h3-6,11,18H,7-10,12-13H2,1-2H3. The normalized spacial score (nSPS) is 17.5. The molecule has 1 unspecified atom stereocenters. The van der Waals surface area contributed by atoms with Crippen molar-refractivity contribution < 1.29 is 27.5 Å². The Kier molecular flexibility index (Phi) is 7.01. The van der Waals surface area contributed by atoms with E-state index in [4.69, 9.17) is 16.3 Å². The van der Waals surface area contributed by atoms with Gasteiger partial charge in [0.05, 0.1) is 17.9 Å². The lowest BCUT2D eigenvalue weighted by Crippen LogP contribution is -2.17. The fourth-order valence-corrected chi connectivity index (χ4v) is 5.72. The van der Waals surface area contributed by atoms with Crippen molar-refractivity contribution in [3.05, 3.63) is 57.9 Å². The van der Waals surface area contributed by atoms with Gasteiger partial charge in [-0.3, -0.25) is 14.4 Å². The number of sulfone groups is 1. The molecule has 0 spiro atoms. The summed E-state index contributed by atoms with van der Waals surface area (Å²) in [5, 5.41) is 0.517. The van der Waals surface area contributed by atoms with Crippen LogP contribution in [0, 0.1) is 13.8 Å². The SMILES string of the molecule is Cc1cc(C(=O)COC(=O)CCC(=O)c2ccc(Cl)cc2)c(C)n1C1CCS(=O)(=O)C1. The van der Waals surface area contributed by atoms with Crippen molar-refractivity contribution >= 4 is 39.0 Å². The van der Waals surface area contributed by atoms with Crippen LogP contribution in [0.3, 0.4) is 0 Å². The molecule has 7 nitrogen and oxygen atoms in total. The largest absolute Gasteiger partial charge is 0.457 e. The Hall–Kier alpha value is -2.45. The first-order valence-corrected chi connectivity index (χ1v) is 12.1. The van der Waals surface area contributed by atoms with Gasteiger partial charge in [-0.15, -0.1) is 0 Å². The van der Waals surface area contributed by atoms with Gasteiger partial charge < -0.3 is 9.30 Å². The van der Waals surface area contributed by atoms with Gasteiger partial charge in [-0.1, -0.05) is 11.6 Å². The first kappa shape index (κ1) is 23.2. The summed E-state index contributed by atoms with van der Waals surface area (Å²) in [6.07, 6.45) is 0.357. The maximum absolute atomic E-state index is 12.6. The molecule has 0 radical (unpaired) electrons. The second-order valence-electron chi connectivity index (χ2n) is 7.73. The quantitative estimate of drug-likeness (QED) is 0.437. The molecule has 0 bridgehead atoms. The van der Waals surface area contributed by atoms with Gasteiger partial charge in [0.25, 0.3) is 0 Å². The molecule has 1 aliphatic rings. The van der Waals surface area contributed by atoms with Crippen molar-refractivity contribution in [2.75, 3.05) is 18.1 Å². The zero-order valence-electron chi connectivity index (χ0n) is 17.4. The van der Waals surface area contributed by atoms with E-state index in [9.17, 15) is 22.8 Å². The summed E-state index contributed by atoms with van der Waals surface area (Å²) in [5.41, 5.74) is 2.32. The highest BCUT2D eigenvalue weighted by atomic mass is 35.5. The Morgan fingerprint density at radius 1 is 1.10 bits per heavy atom. The molecule has 9 heteroatoms. The number of Topliss-reactive ketones (excluding diaryl/α,β-unsaturated/α-hetero) is 2. The summed E-state index contributed by atoms with van der Waals surface area (Å²) in [6.45, 7) is 3.15. The van der Waals surface area contributed by atoms with Crippen molar-refractivity contribution in [1.29, 1.82) is 0 Å². The number of hydrogen-bond acceptors (Lipinski definition) is 6. The smallest absolute Gasteiger partial charge is 0.306 e. The summed E-state index contributed by atoms with van der Waals surface area (Å²) in [7, 11) is -3.05. The maximum atomic E-state index is 12.6. The van der Waals surface area contributed by atoms with Gasteiger partial charge in [-0.2, -0.15) is 0 Å². The van der Waals surface area contributed by atoms with E-state index in [0.717, 1.165) is 5.69 Å². The fourth-order valence-electron chi connectivity index (χ4n) is 3.89. The number of rotatable bonds is 8. The third kappa shape index (κ3) is 5.62. The lowest BCUT2D eigenvalue weighted by molar-refractivity contribution is -0.142. The van der Waals surface area contributed by atoms with Gasteiger partial charge in [0, 0.05) is 40.0 Å². The van der Waals surface area contributed by atoms with E-state index < -0.39 is 22.4 Å². The van der Waals surface area contributed by atoms with Crippen molar-refractivity contribution in [3.63, 3.8) is 0 Å². The van der Waals surface area contributed by atoms with E-state index in [2.05, 4.69) is 0 Å². The van der Waals surface area contributed by atoms with Gasteiger partial charge in [0.15, 0.2) is 22.2 Å². The number of aryl methyl sites for hydroxylation is 1. The first-order chi connectivity index (χ1) is 14.6. The van der Waals surface area contributed by atoms with Crippen LogP contribution in [0.15, 0.2) is 30.3 Å². The van der Waals surface area contributed by atoms with E-state index >= 15 is 0 Å². The molecule has 0 saturated carbocycles. The summed E-state index contributed by atoms with van der Waals surface area (Å²) in [6, 6.07) is 7.89. The van der Waals surface area contributed by atoms with Crippen molar-refractivity contribution in [1.82, 2.24) is 4.57 Å². The zero-order valence-corrected chi connectivity index (χ0v) is 19.0. The molecule has 1 fully saturated rings. The minimum absolute atomic E-state index is 0.0284. The number of hydrogen-bond donors (Lipinski definition) is 0. The molecular formula is C22H24ClNO6S. The average molecular weight is 466 g/mol. The van der Waals surface area contributed by atoms with E-state index in [1.54, 1.807) is 37.3 Å². The number of ketones is 2. The highest BCUT2D eigenvalue weighted by molar-refractivity contribution is 7.91. The van der Waals surface area contributed by atoms with Gasteiger partial charge >= 0.3 is 5.97 Å². The topological polar surface area (TPSA) is 99.5 Å². The number of carbonyl (C=O) groups is 3. The second kappa shape index (κ2) is 9.36. The highest BCUT2D eigenvalue weighted by Crippen LogP contribution is 2.29. The molecule has 1 atom stereocenters. The Balaban J connectivity index is 1.55. The number of ether oxygens (including phenoxy) is 1. The molecule has 0 N–H and O–H groups in total. The summed E-state index contributed by atoms with van der Waals surface area (Å²) >= 11 is 5.79. The van der Waals surface area contributed by atoms with Crippen molar-refractivity contribution in [3.8, 4) is 0 Å². The fraction of sp³-hybridized carbons (Fsp3) is 0.409. The van der Waals surface area contributed by atoms with Gasteiger partial charge in [0.2, 0.25) is 5.78 Å². The minimum Gasteiger partial charge on any atom is -0.457 e. The Morgan fingerprint density at radius 2 is 1.77 bits per heavy atom. The molecule has 0 amide bonds. The molecular weight excluding hydrogens is 442 g/mol. The molecule has 166 valence electrons. The molecule has 1 aliphatic heterocycles. The number of benzene rings is 1. The average Bonchev–Trinajstić information content (AvgIpc) is 3.22. The van der Waals surface area contributed by atoms with Crippen LogP contribution in [-0.2, 0) is 19.4 Å². The van der Waals surface area contributed by atoms with Gasteiger partial charge in [-0.05, 0) is 50.6 Å². The Morgan fingerprint density at radius 3 is 2.39 bits per heavy atom. The lowest BCUT2D eigenvalue weighted by Gasteiger charge is -2.16. The summed E-state index contributed by atoms with van der Waals surface area (Å²) < 4.78 is 30.5. The predicted octanol–water partition coefficient (Wildman–Crippen LogP) is 3.51. The predicted molar refractivity (Wildman–Crippen MR) is 117 cm³/mol. The summed E-state index contributed by atoms with van der Waals surface area (Å²) in [5.74, 6) is -1.00.